The van der Waals surface area contributed by atoms with E-state index >= 15 is 0 Å². The van der Waals surface area contributed by atoms with Gasteiger partial charge in [0.1, 0.15) is 5.82 Å². The van der Waals surface area contributed by atoms with Crippen molar-refractivity contribution in [1.82, 2.24) is 29.3 Å². The zero-order valence-electron chi connectivity index (χ0n) is 23.6. The van der Waals surface area contributed by atoms with Crippen LogP contribution in [0, 0.1) is 17.3 Å². The summed E-state index contributed by atoms with van der Waals surface area (Å²) in [7, 11) is -4.15. The lowest BCUT2D eigenvalue weighted by molar-refractivity contribution is 0.0981. The summed E-state index contributed by atoms with van der Waals surface area (Å²) in [6, 6.07) is 6.56. The number of hydrogen-bond donors (Lipinski definition) is 1. The minimum Gasteiger partial charge on any atom is -0.477 e. The highest BCUT2D eigenvalue weighted by Crippen LogP contribution is 2.65. The van der Waals surface area contributed by atoms with Crippen LogP contribution in [0.5, 0.6) is 5.88 Å². The molecule has 11 nitrogen and oxygen atoms in total. The number of anilines is 1. The SMILES string of the molecule is CC1(C)C[C@@H]2CCCn3ccc(n3)S(=O)(=O)NC(=O)c3ccc(-n4ccc(OCCC5CCC56CC6)n4)nc3N1C2. The van der Waals surface area contributed by atoms with Crippen molar-refractivity contribution in [3.8, 4) is 11.7 Å². The maximum absolute atomic E-state index is 13.5. The van der Waals surface area contributed by atoms with Crippen LogP contribution in [0.15, 0.2) is 41.7 Å². The minimum absolute atomic E-state index is 0.175. The van der Waals surface area contributed by atoms with Gasteiger partial charge in [-0.15, -0.1) is 5.10 Å². The van der Waals surface area contributed by atoms with Gasteiger partial charge in [0.15, 0.2) is 10.8 Å². The van der Waals surface area contributed by atoms with Gasteiger partial charge in [0.2, 0.25) is 5.88 Å². The summed E-state index contributed by atoms with van der Waals surface area (Å²) in [6.07, 6.45) is 12.7. The number of carbonyl (C=O) groups is 1. The number of hydrogen-bond acceptors (Lipinski definition) is 8. The molecule has 1 N–H and O–H groups in total. The van der Waals surface area contributed by atoms with Gasteiger partial charge in [0, 0.05) is 37.1 Å². The van der Waals surface area contributed by atoms with E-state index in [9.17, 15) is 13.2 Å². The number of fused-ring (bicyclic) bond motifs is 6. The highest BCUT2D eigenvalue weighted by atomic mass is 32.2. The summed E-state index contributed by atoms with van der Waals surface area (Å²) in [5.41, 5.74) is 0.555. The van der Waals surface area contributed by atoms with Gasteiger partial charge in [-0.3, -0.25) is 9.48 Å². The molecule has 3 aromatic heterocycles. The van der Waals surface area contributed by atoms with Crippen LogP contribution >= 0.6 is 0 Å². The quantitative estimate of drug-likeness (QED) is 0.482. The Labute approximate surface area is 240 Å². The summed E-state index contributed by atoms with van der Waals surface area (Å²) in [5.74, 6) is 1.98. The highest BCUT2D eigenvalue weighted by molar-refractivity contribution is 7.90. The van der Waals surface area contributed by atoms with Gasteiger partial charge in [-0.2, -0.15) is 13.5 Å². The number of carbonyl (C=O) groups excluding carboxylic acids is 1. The molecule has 1 amide bonds. The third-order valence-corrected chi connectivity index (χ3v) is 10.9. The average Bonchev–Trinajstić information content (AvgIpc) is 3.24. The maximum Gasteiger partial charge on any atom is 0.283 e. The fourth-order valence-corrected chi connectivity index (χ4v) is 8.04. The monoisotopic (exact) mass is 579 g/mol. The third-order valence-electron chi connectivity index (χ3n) is 9.70. The van der Waals surface area contributed by atoms with Gasteiger partial charge >= 0.3 is 0 Å². The molecule has 41 heavy (non-hydrogen) atoms. The van der Waals surface area contributed by atoms with Crippen LogP contribution in [0.3, 0.4) is 0 Å². The first-order valence-corrected chi connectivity index (χ1v) is 16.2. The highest BCUT2D eigenvalue weighted by Gasteiger charge is 2.54. The van der Waals surface area contributed by atoms with E-state index in [-0.39, 0.29) is 16.1 Å². The summed E-state index contributed by atoms with van der Waals surface area (Å²) < 4.78 is 37.5. The Morgan fingerprint density at radius 3 is 2.71 bits per heavy atom. The Kier molecular flexibility index (Phi) is 6.18. The molecular formula is C29H37N7O4S. The lowest BCUT2D eigenvalue weighted by Crippen LogP contribution is -2.41. The van der Waals surface area contributed by atoms with E-state index in [4.69, 9.17) is 9.72 Å². The Hall–Kier alpha value is -3.41. The van der Waals surface area contributed by atoms with E-state index in [0.29, 0.717) is 42.0 Å². The smallest absolute Gasteiger partial charge is 0.283 e. The molecule has 2 saturated carbocycles. The van der Waals surface area contributed by atoms with E-state index in [2.05, 4.69) is 33.7 Å². The predicted molar refractivity (Wildman–Crippen MR) is 152 cm³/mol. The van der Waals surface area contributed by atoms with E-state index in [1.807, 2.05) is 6.07 Å². The maximum atomic E-state index is 13.5. The Bertz CT molecular complexity index is 1590. The second kappa shape index (κ2) is 9.57. The molecule has 0 radical (unpaired) electrons. The summed E-state index contributed by atoms with van der Waals surface area (Å²) >= 11 is 0. The van der Waals surface area contributed by atoms with Crippen molar-refractivity contribution >= 4 is 21.7 Å². The molecule has 3 aromatic rings. The van der Waals surface area contributed by atoms with Crippen LogP contribution in [0.25, 0.3) is 5.82 Å². The first kappa shape index (κ1) is 26.5. The molecule has 1 unspecified atom stereocenters. The van der Waals surface area contributed by atoms with Crippen molar-refractivity contribution in [2.24, 2.45) is 17.3 Å². The summed E-state index contributed by atoms with van der Waals surface area (Å²) in [4.78, 5) is 20.5. The molecular weight excluding hydrogens is 542 g/mol. The van der Waals surface area contributed by atoms with Crippen molar-refractivity contribution in [2.75, 3.05) is 18.1 Å². The average molecular weight is 580 g/mol. The first-order valence-electron chi connectivity index (χ1n) is 14.7. The van der Waals surface area contributed by atoms with Crippen LogP contribution in [0.4, 0.5) is 5.82 Å². The van der Waals surface area contributed by atoms with Gasteiger partial charge in [-0.1, -0.05) is 0 Å². The van der Waals surface area contributed by atoms with Crippen molar-refractivity contribution in [3.63, 3.8) is 0 Å². The molecule has 2 atom stereocenters. The van der Waals surface area contributed by atoms with Crippen LogP contribution in [-0.2, 0) is 16.6 Å². The molecule has 218 valence electrons. The lowest BCUT2D eigenvalue weighted by Gasteiger charge is -2.37. The molecule has 4 bridgehead atoms. The van der Waals surface area contributed by atoms with Gasteiger partial charge in [0.25, 0.3) is 15.9 Å². The Balaban J connectivity index is 1.17. The van der Waals surface area contributed by atoms with E-state index in [1.165, 1.54) is 31.7 Å². The molecule has 2 aliphatic heterocycles. The molecule has 1 spiro atoms. The third kappa shape index (κ3) is 4.89. The molecule has 7 rings (SSSR count). The van der Waals surface area contributed by atoms with Crippen molar-refractivity contribution in [3.05, 3.63) is 42.2 Å². The van der Waals surface area contributed by atoms with E-state index in [1.54, 1.807) is 33.9 Å². The van der Waals surface area contributed by atoms with Crippen molar-refractivity contribution in [2.45, 2.75) is 82.3 Å². The van der Waals surface area contributed by atoms with Crippen LogP contribution in [-0.4, -0.2) is 57.6 Å². The second-order valence-electron chi connectivity index (χ2n) is 12.9. The lowest BCUT2D eigenvalue weighted by atomic mass is 9.69. The van der Waals surface area contributed by atoms with Gasteiger partial charge < -0.3 is 9.64 Å². The molecule has 2 aliphatic carbocycles. The van der Waals surface area contributed by atoms with Crippen molar-refractivity contribution < 1.29 is 17.9 Å². The number of rotatable bonds is 5. The molecule has 0 aromatic carbocycles. The van der Waals surface area contributed by atoms with Crippen LogP contribution in [0.1, 0.15) is 75.6 Å². The van der Waals surface area contributed by atoms with E-state index < -0.39 is 15.9 Å². The van der Waals surface area contributed by atoms with Crippen LogP contribution < -0.4 is 14.4 Å². The number of sulfonamides is 1. The fourth-order valence-electron chi connectivity index (χ4n) is 7.13. The number of nitrogens with zero attached hydrogens (tertiary/aromatic N) is 6. The number of aryl methyl sites for hydroxylation is 1. The molecule has 4 aliphatic rings. The standard InChI is InChI=1S/C29H37N7O4S/c1-28(2)18-20-4-3-14-34-15-9-25(32-34)41(38,39)33-27(37)22-5-6-23(30-26(22)35(28)19-20)36-16-8-24(31-36)40-17-10-21-7-11-29(21)12-13-29/h5-6,8-9,15-16,20-21H,3-4,7,10-14,17-19H2,1-2H3,(H,33,37)/t20-,21?/m0/s1. The number of amides is 1. The number of aromatic nitrogens is 5. The summed E-state index contributed by atoms with van der Waals surface area (Å²) in [5, 5.41) is 8.63. The Morgan fingerprint density at radius 1 is 1.07 bits per heavy atom. The normalized spacial score (nSPS) is 25.6. The Morgan fingerprint density at radius 2 is 1.93 bits per heavy atom. The van der Waals surface area contributed by atoms with Gasteiger partial charge in [-0.25, -0.2) is 14.4 Å². The summed E-state index contributed by atoms with van der Waals surface area (Å²) in [6.45, 7) is 6.27. The van der Waals surface area contributed by atoms with Crippen LogP contribution in [0.2, 0.25) is 0 Å². The minimum atomic E-state index is -4.15. The molecule has 12 heteroatoms. The van der Waals surface area contributed by atoms with Gasteiger partial charge in [-0.05, 0) is 101 Å². The topological polar surface area (TPSA) is 124 Å². The largest absolute Gasteiger partial charge is 0.477 e. The van der Waals surface area contributed by atoms with Gasteiger partial charge in [0.05, 0.1) is 12.2 Å². The molecule has 1 saturated heterocycles. The van der Waals surface area contributed by atoms with E-state index in [0.717, 1.165) is 38.1 Å². The molecule has 3 fully saturated rings. The zero-order chi connectivity index (χ0) is 28.4. The number of ether oxygens (including phenoxy) is 1. The van der Waals surface area contributed by atoms with Crippen molar-refractivity contribution in [1.29, 1.82) is 0 Å². The molecule has 5 heterocycles. The second-order valence-corrected chi connectivity index (χ2v) is 14.5. The number of nitrogens with one attached hydrogen (secondary N) is 1. The predicted octanol–water partition coefficient (Wildman–Crippen LogP) is 3.94. The zero-order valence-corrected chi connectivity index (χ0v) is 24.4. The number of pyridine rings is 1. The fraction of sp³-hybridized carbons (Fsp3) is 0.586. The first-order chi connectivity index (χ1) is 19.6.